The summed E-state index contributed by atoms with van der Waals surface area (Å²) in [7, 11) is 0. The van der Waals surface area contributed by atoms with Crippen molar-refractivity contribution in [2.24, 2.45) is 17.8 Å². The largest absolute Gasteiger partial charge is 0.396 e. The maximum Gasteiger partial charge on any atom is 0.391 e. The van der Waals surface area contributed by atoms with Gasteiger partial charge in [0, 0.05) is 19.1 Å². The van der Waals surface area contributed by atoms with E-state index >= 15 is 0 Å². The average molecular weight is 309 g/mol. The van der Waals surface area contributed by atoms with Crippen LogP contribution in [-0.4, -0.2) is 30.3 Å². The van der Waals surface area contributed by atoms with E-state index in [0.29, 0.717) is 25.8 Å². The molecule has 1 unspecified atom stereocenters. The highest BCUT2D eigenvalue weighted by Crippen LogP contribution is 2.39. The summed E-state index contributed by atoms with van der Waals surface area (Å²) < 4.78 is 37.7. The van der Waals surface area contributed by atoms with E-state index in [0.717, 1.165) is 12.8 Å². The first-order chi connectivity index (χ1) is 9.88. The third-order valence-electron chi connectivity index (χ3n) is 4.36. The molecular weight excluding hydrogens is 283 g/mol. The van der Waals surface area contributed by atoms with E-state index in [1.807, 2.05) is 6.92 Å². The molecule has 0 aliphatic heterocycles. The van der Waals surface area contributed by atoms with Gasteiger partial charge in [-0.25, -0.2) is 0 Å². The van der Waals surface area contributed by atoms with Crippen molar-refractivity contribution >= 4 is 5.91 Å². The fraction of sp³-hybridized carbons (Fsp3) is 0.933. The minimum Gasteiger partial charge on any atom is -0.396 e. The van der Waals surface area contributed by atoms with E-state index in [4.69, 9.17) is 5.11 Å². The molecule has 21 heavy (non-hydrogen) atoms. The Morgan fingerprint density at radius 3 is 2.33 bits per heavy atom. The lowest BCUT2D eigenvalue weighted by molar-refractivity contribution is -0.184. The third-order valence-corrected chi connectivity index (χ3v) is 4.36. The van der Waals surface area contributed by atoms with Gasteiger partial charge in [0.15, 0.2) is 0 Å². The van der Waals surface area contributed by atoms with Gasteiger partial charge in [-0.1, -0.05) is 13.3 Å². The van der Waals surface area contributed by atoms with E-state index in [1.54, 1.807) is 0 Å². The van der Waals surface area contributed by atoms with E-state index in [9.17, 15) is 18.0 Å². The molecule has 1 aliphatic rings. The molecule has 1 fully saturated rings. The number of aliphatic hydroxyl groups is 1. The SMILES string of the molecule is CCCC(CCO)CNC(=O)C1CCC(C(F)(F)F)CC1. The normalized spacial score (nSPS) is 24.6. The van der Waals surface area contributed by atoms with E-state index in [-0.39, 0.29) is 37.2 Å². The molecule has 1 saturated carbocycles. The minimum absolute atomic E-state index is 0.0522. The van der Waals surface area contributed by atoms with Crippen LogP contribution in [0, 0.1) is 17.8 Å². The van der Waals surface area contributed by atoms with Crippen molar-refractivity contribution < 1.29 is 23.1 Å². The predicted octanol–water partition coefficient (Wildman–Crippen LogP) is 3.27. The molecule has 0 bridgehead atoms. The molecular formula is C15H26F3NO2. The van der Waals surface area contributed by atoms with Crippen LogP contribution in [0.4, 0.5) is 13.2 Å². The fourth-order valence-electron chi connectivity index (χ4n) is 3.01. The molecule has 0 aromatic rings. The summed E-state index contributed by atoms with van der Waals surface area (Å²) in [5.74, 6) is -1.42. The number of alkyl halides is 3. The number of nitrogens with one attached hydrogen (secondary N) is 1. The van der Waals surface area contributed by atoms with Crippen molar-refractivity contribution in [1.82, 2.24) is 5.32 Å². The van der Waals surface area contributed by atoms with Crippen LogP contribution < -0.4 is 5.32 Å². The molecule has 124 valence electrons. The van der Waals surface area contributed by atoms with E-state index in [1.165, 1.54) is 0 Å². The summed E-state index contributed by atoms with van der Waals surface area (Å²) >= 11 is 0. The van der Waals surface area contributed by atoms with Gasteiger partial charge in [-0.2, -0.15) is 13.2 Å². The summed E-state index contributed by atoms with van der Waals surface area (Å²) in [6.07, 6.45) is -0.835. The van der Waals surface area contributed by atoms with Crippen LogP contribution in [0.25, 0.3) is 0 Å². The average Bonchev–Trinajstić information content (AvgIpc) is 2.44. The first-order valence-corrected chi connectivity index (χ1v) is 7.83. The highest BCUT2D eigenvalue weighted by atomic mass is 19.4. The first-order valence-electron chi connectivity index (χ1n) is 7.83. The Labute approximate surface area is 124 Å². The molecule has 1 amide bonds. The second-order valence-electron chi connectivity index (χ2n) is 6.00. The Kier molecular flexibility index (Phi) is 7.49. The lowest BCUT2D eigenvalue weighted by Crippen LogP contribution is -2.38. The lowest BCUT2D eigenvalue weighted by atomic mass is 9.81. The van der Waals surface area contributed by atoms with Crippen LogP contribution in [0.2, 0.25) is 0 Å². The van der Waals surface area contributed by atoms with Gasteiger partial charge < -0.3 is 10.4 Å². The third kappa shape index (κ3) is 6.24. The number of rotatable bonds is 7. The number of hydrogen-bond donors (Lipinski definition) is 2. The van der Waals surface area contributed by atoms with Crippen molar-refractivity contribution in [2.75, 3.05) is 13.2 Å². The number of carbonyl (C=O) groups excluding carboxylic acids is 1. The van der Waals surface area contributed by atoms with Crippen LogP contribution in [0.3, 0.4) is 0 Å². The van der Waals surface area contributed by atoms with Gasteiger partial charge in [-0.15, -0.1) is 0 Å². The second-order valence-corrected chi connectivity index (χ2v) is 6.00. The molecule has 1 aliphatic carbocycles. The Hall–Kier alpha value is -0.780. The summed E-state index contributed by atoms with van der Waals surface area (Å²) in [6.45, 7) is 2.65. The van der Waals surface area contributed by atoms with Crippen LogP contribution in [-0.2, 0) is 4.79 Å². The molecule has 2 N–H and O–H groups in total. The van der Waals surface area contributed by atoms with Gasteiger partial charge in [0.05, 0.1) is 5.92 Å². The molecule has 1 rings (SSSR count). The Morgan fingerprint density at radius 2 is 1.86 bits per heavy atom. The summed E-state index contributed by atoms with van der Waals surface area (Å²) in [5.41, 5.74) is 0. The molecule has 0 heterocycles. The Balaban J connectivity index is 2.33. The number of aliphatic hydroxyl groups excluding tert-OH is 1. The monoisotopic (exact) mass is 309 g/mol. The number of amides is 1. The molecule has 0 aromatic heterocycles. The zero-order valence-corrected chi connectivity index (χ0v) is 12.6. The predicted molar refractivity (Wildman–Crippen MR) is 74.6 cm³/mol. The fourth-order valence-corrected chi connectivity index (χ4v) is 3.01. The number of halogens is 3. The molecule has 1 atom stereocenters. The lowest BCUT2D eigenvalue weighted by Gasteiger charge is -2.29. The highest BCUT2D eigenvalue weighted by Gasteiger charge is 2.42. The first kappa shape index (κ1) is 18.3. The maximum atomic E-state index is 12.6. The standard InChI is InChI=1S/C15H26F3NO2/c1-2-3-11(8-9-20)10-19-14(21)12-4-6-13(7-5-12)15(16,17)18/h11-13,20H,2-10H2,1H3,(H,19,21). The molecule has 0 radical (unpaired) electrons. The van der Waals surface area contributed by atoms with Gasteiger partial charge in [0.2, 0.25) is 5.91 Å². The van der Waals surface area contributed by atoms with Gasteiger partial charge in [-0.05, 0) is 44.4 Å². The summed E-state index contributed by atoms with van der Waals surface area (Å²) in [6, 6.07) is 0. The molecule has 0 spiro atoms. The Morgan fingerprint density at radius 1 is 1.24 bits per heavy atom. The van der Waals surface area contributed by atoms with Gasteiger partial charge in [0.25, 0.3) is 0 Å². The number of carbonyl (C=O) groups is 1. The van der Waals surface area contributed by atoms with E-state index < -0.39 is 12.1 Å². The van der Waals surface area contributed by atoms with Crippen molar-refractivity contribution in [3.63, 3.8) is 0 Å². The van der Waals surface area contributed by atoms with Gasteiger partial charge >= 0.3 is 6.18 Å². The van der Waals surface area contributed by atoms with Crippen molar-refractivity contribution in [3.8, 4) is 0 Å². The zero-order valence-electron chi connectivity index (χ0n) is 12.6. The molecule has 0 aromatic carbocycles. The maximum absolute atomic E-state index is 12.6. The molecule has 0 saturated heterocycles. The second kappa shape index (κ2) is 8.61. The quantitative estimate of drug-likeness (QED) is 0.758. The van der Waals surface area contributed by atoms with Crippen LogP contribution in [0.15, 0.2) is 0 Å². The van der Waals surface area contributed by atoms with Crippen LogP contribution in [0.1, 0.15) is 51.9 Å². The molecule has 6 heteroatoms. The minimum atomic E-state index is -4.13. The highest BCUT2D eigenvalue weighted by molar-refractivity contribution is 5.78. The topological polar surface area (TPSA) is 49.3 Å². The molecule has 3 nitrogen and oxygen atoms in total. The zero-order chi connectivity index (χ0) is 15.9. The van der Waals surface area contributed by atoms with E-state index in [2.05, 4.69) is 5.32 Å². The van der Waals surface area contributed by atoms with Crippen molar-refractivity contribution in [1.29, 1.82) is 0 Å². The summed E-state index contributed by atoms with van der Waals surface area (Å²) in [4.78, 5) is 12.0. The summed E-state index contributed by atoms with van der Waals surface area (Å²) in [5, 5.41) is 11.8. The van der Waals surface area contributed by atoms with Gasteiger partial charge in [0.1, 0.15) is 0 Å². The number of hydrogen-bond acceptors (Lipinski definition) is 2. The van der Waals surface area contributed by atoms with Gasteiger partial charge in [-0.3, -0.25) is 4.79 Å². The van der Waals surface area contributed by atoms with Crippen LogP contribution in [0.5, 0.6) is 0 Å². The smallest absolute Gasteiger partial charge is 0.391 e. The van der Waals surface area contributed by atoms with Crippen molar-refractivity contribution in [2.45, 2.75) is 58.0 Å². The Bertz CT molecular complexity index is 307. The van der Waals surface area contributed by atoms with Crippen LogP contribution >= 0.6 is 0 Å². The van der Waals surface area contributed by atoms with Crippen molar-refractivity contribution in [3.05, 3.63) is 0 Å².